The van der Waals surface area contributed by atoms with Crippen molar-refractivity contribution in [3.8, 4) is 5.75 Å². The molecule has 2 N–H and O–H groups in total. The molecule has 0 saturated carbocycles. The number of nitrogens with zero attached hydrogens (tertiary/aromatic N) is 1. The molecule has 2 rings (SSSR count). The second-order valence-corrected chi connectivity index (χ2v) is 5.12. The lowest BCUT2D eigenvalue weighted by Gasteiger charge is -2.12. The highest BCUT2D eigenvalue weighted by Gasteiger charge is 2.12. The Kier molecular flexibility index (Phi) is 4.39. The maximum atomic E-state index is 11.0. The molecule has 1 unspecified atom stereocenters. The average molecular weight is 297 g/mol. The summed E-state index contributed by atoms with van der Waals surface area (Å²) in [5.74, 6) is 0.614. The maximum absolute atomic E-state index is 11.0. The van der Waals surface area contributed by atoms with Crippen molar-refractivity contribution in [3.63, 3.8) is 0 Å². The molecule has 6 heteroatoms. The first kappa shape index (κ1) is 13.8. The minimum atomic E-state index is -0.453. The summed E-state index contributed by atoms with van der Waals surface area (Å²) in [4.78, 5) is 15.3. The number of carbonyl (C=O) groups is 1. The van der Waals surface area contributed by atoms with Crippen molar-refractivity contribution in [3.05, 3.63) is 45.9 Å². The third-order valence-corrected chi connectivity index (χ3v) is 3.83. The van der Waals surface area contributed by atoms with E-state index in [-0.39, 0.29) is 6.10 Å². The molecular formula is C13H13ClN2O2S. The lowest BCUT2D eigenvalue weighted by Crippen LogP contribution is -2.10. The van der Waals surface area contributed by atoms with Crippen LogP contribution in [0.5, 0.6) is 5.75 Å². The van der Waals surface area contributed by atoms with Gasteiger partial charge in [-0.2, -0.15) is 0 Å². The number of primary amides is 1. The zero-order valence-electron chi connectivity index (χ0n) is 10.3. The lowest BCUT2D eigenvalue weighted by atomic mass is 10.2. The second kappa shape index (κ2) is 6.04. The van der Waals surface area contributed by atoms with Crippen molar-refractivity contribution in [1.82, 2.24) is 4.98 Å². The number of aromatic nitrogens is 1. The first-order valence-electron chi connectivity index (χ1n) is 5.67. The van der Waals surface area contributed by atoms with Crippen LogP contribution in [0.3, 0.4) is 0 Å². The molecule has 0 saturated heterocycles. The van der Waals surface area contributed by atoms with Gasteiger partial charge >= 0.3 is 0 Å². The Morgan fingerprint density at radius 3 is 2.68 bits per heavy atom. The first-order valence-corrected chi connectivity index (χ1v) is 7.08. The standard InChI is InChI=1S/C13H13ClN2O2S/c1-8(13-16-10(6-14)7-19-13)18-11-4-2-9(3-5-11)12(15)17/h2-5,7-8H,6H2,1H3,(H2,15,17). The fourth-order valence-corrected chi connectivity index (χ4v) is 2.55. The Bertz CT molecular complexity index is 568. The molecule has 1 amide bonds. The number of thiazole rings is 1. The van der Waals surface area contributed by atoms with Crippen LogP contribution in [0.1, 0.15) is 34.1 Å². The molecule has 1 atom stereocenters. The van der Waals surface area contributed by atoms with Gasteiger partial charge in [-0.3, -0.25) is 4.79 Å². The van der Waals surface area contributed by atoms with Crippen molar-refractivity contribution in [2.24, 2.45) is 5.73 Å². The van der Waals surface area contributed by atoms with E-state index < -0.39 is 5.91 Å². The number of amides is 1. The van der Waals surface area contributed by atoms with Crippen LogP contribution in [0.15, 0.2) is 29.6 Å². The highest BCUT2D eigenvalue weighted by Crippen LogP contribution is 2.25. The summed E-state index contributed by atoms with van der Waals surface area (Å²) in [5, 5.41) is 2.79. The molecule has 0 bridgehead atoms. The Morgan fingerprint density at radius 2 is 2.16 bits per heavy atom. The van der Waals surface area contributed by atoms with Gasteiger partial charge in [0, 0.05) is 10.9 Å². The second-order valence-electron chi connectivity index (χ2n) is 3.96. The van der Waals surface area contributed by atoms with E-state index in [1.807, 2.05) is 12.3 Å². The Labute approximate surface area is 120 Å². The number of ether oxygens (including phenoxy) is 1. The normalized spacial score (nSPS) is 12.1. The molecule has 2 aromatic rings. The van der Waals surface area contributed by atoms with E-state index in [2.05, 4.69) is 4.98 Å². The zero-order valence-corrected chi connectivity index (χ0v) is 11.9. The number of benzene rings is 1. The quantitative estimate of drug-likeness (QED) is 0.862. The van der Waals surface area contributed by atoms with Gasteiger partial charge in [-0.25, -0.2) is 4.98 Å². The van der Waals surface area contributed by atoms with E-state index in [4.69, 9.17) is 22.1 Å². The zero-order chi connectivity index (χ0) is 13.8. The smallest absolute Gasteiger partial charge is 0.248 e. The van der Waals surface area contributed by atoms with Gasteiger partial charge in [-0.15, -0.1) is 22.9 Å². The number of nitrogens with two attached hydrogens (primary N) is 1. The molecule has 0 spiro atoms. The largest absolute Gasteiger partial charge is 0.484 e. The fraction of sp³-hybridized carbons (Fsp3) is 0.231. The maximum Gasteiger partial charge on any atom is 0.248 e. The van der Waals surface area contributed by atoms with Crippen LogP contribution >= 0.6 is 22.9 Å². The van der Waals surface area contributed by atoms with Gasteiger partial charge in [0.05, 0.1) is 11.6 Å². The van der Waals surface area contributed by atoms with Crippen molar-refractivity contribution in [2.45, 2.75) is 18.9 Å². The Morgan fingerprint density at radius 1 is 1.47 bits per heavy atom. The molecule has 0 aliphatic heterocycles. The number of rotatable bonds is 5. The molecular weight excluding hydrogens is 284 g/mol. The van der Waals surface area contributed by atoms with E-state index in [0.717, 1.165) is 10.7 Å². The Hall–Kier alpha value is -1.59. The fourth-order valence-electron chi connectivity index (χ4n) is 1.52. The van der Waals surface area contributed by atoms with E-state index in [1.165, 1.54) is 11.3 Å². The van der Waals surface area contributed by atoms with E-state index in [0.29, 0.717) is 17.2 Å². The molecule has 19 heavy (non-hydrogen) atoms. The van der Waals surface area contributed by atoms with Crippen molar-refractivity contribution in [2.75, 3.05) is 0 Å². The first-order chi connectivity index (χ1) is 9.10. The van der Waals surface area contributed by atoms with Gasteiger partial charge in [-0.1, -0.05) is 0 Å². The van der Waals surface area contributed by atoms with Crippen molar-refractivity contribution < 1.29 is 9.53 Å². The van der Waals surface area contributed by atoms with E-state index in [1.54, 1.807) is 24.3 Å². The highest BCUT2D eigenvalue weighted by atomic mass is 35.5. The molecule has 1 heterocycles. The monoisotopic (exact) mass is 296 g/mol. The number of hydrogen-bond acceptors (Lipinski definition) is 4. The molecule has 4 nitrogen and oxygen atoms in total. The summed E-state index contributed by atoms with van der Waals surface area (Å²) in [6, 6.07) is 6.70. The molecule has 1 aromatic heterocycles. The molecule has 1 aromatic carbocycles. The van der Waals surface area contributed by atoms with Crippen LogP contribution in [0.25, 0.3) is 0 Å². The molecule has 100 valence electrons. The van der Waals surface area contributed by atoms with Crippen LogP contribution in [0.4, 0.5) is 0 Å². The third-order valence-electron chi connectivity index (χ3n) is 2.51. The van der Waals surface area contributed by atoms with Crippen LogP contribution < -0.4 is 10.5 Å². The van der Waals surface area contributed by atoms with Gasteiger partial charge in [0.15, 0.2) is 0 Å². The summed E-state index contributed by atoms with van der Waals surface area (Å²) in [6.45, 7) is 1.92. The SMILES string of the molecule is CC(Oc1ccc(C(N)=O)cc1)c1nc(CCl)cs1. The average Bonchev–Trinajstić information content (AvgIpc) is 2.88. The van der Waals surface area contributed by atoms with Gasteiger partial charge in [-0.05, 0) is 31.2 Å². The molecule has 0 aliphatic carbocycles. The van der Waals surface area contributed by atoms with Crippen LogP contribution in [-0.4, -0.2) is 10.9 Å². The molecule has 0 radical (unpaired) electrons. The Balaban J connectivity index is 2.05. The van der Waals surface area contributed by atoms with Gasteiger partial charge in [0.2, 0.25) is 5.91 Å². The van der Waals surface area contributed by atoms with Crippen molar-refractivity contribution >= 4 is 28.8 Å². The van der Waals surface area contributed by atoms with Crippen molar-refractivity contribution in [1.29, 1.82) is 0 Å². The van der Waals surface area contributed by atoms with E-state index >= 15 is 0 Å². The number of alkyl halides is 1. The minimum absolute atomic E-state index is 0.165. The molecule has 0 fully saturated rings. The van der Waals surface area contributed by atoms with Gasteiger partial charge < -0.3 is 10.5 Å². The summed E-state index contributed by atoms with van der Waals surface area (Å²) in [5.41, 5.74) is 6.48. The predicted molar refractivity (Wildman–Crippen MR) is 75.7 cm³/mol. The number of hydrogen-bond donors (Lipinski definition) is 1. The highest BCUT2D eigenvalue weighted by molar-refractivity contribution is 7.09. The van der Waals surface area contributed by atoms with E-state index in [9.17, 15) is 4.79 Å². The summed E-state index contributed by atoms with van der Waals surface area (Å²) in [6.07, 6.45) is -0.165. The minimum Gasteiger partial charge on any atom is -0.484 e. The summed E-state index contributed by atoms with van der Waals surface area (Å²) < 4.78 is 5.75. The topological polar surface area (TPSA) is 65.2 Å². The van der Waals surface area contributed by atoms with Crippen LogP contribution in [0, 0.1) is 0 Å². The summed E-state index contributed by atoms with van der Waals surface area (Å²) >= 11 is 7.23. The van der Waals surface area contributed by atoms with Gasteiger partial charge in [0.1, 0.15) is 16.9 Å². The summed E-state index contributed by atoms with van der Waals surface area (Å²) in [7, 11) is 0. The van der Waals surface area contributed by atoms with Gasteiger partial charge in [0.25, 0.3) is 0 Å². The predicted octanol–water partition coefficient (Wildman–Crippen LogP) is 3.12. The van der Waals surface area contributed by atoms with Crippen LogP contribution in [0.2, 0.25) is 0 Å². The molecule has 0 aliphatic rings. The number of halogens is 1. The lowest BCUT2D eigenvalue weighted by molar-refractivity contribution is 0.1000. The van der Waals surface area contributed by atoms with Crippen LogP contribution in [-0.2, 0) is 5.88 Å². The number of carbonyl (C=O) groups excluding carboxylic acids is 1. The third kappa shape index (κ3) is 3.45.